The first-order chi connectivity index (χ1) is 9.15. The molecule has 4 heteroatoms. The zero-order valence-electron chi connectivity index (χ0n) is 11.3. The van der Waals surface area contributed by atoms with E-state index < -0.39 is 0 Å². The number of nitrogens with zero attached hydrogens (tertiary/aromatic N) is 1. The molecule has 0 unspecified atom stereocenters. The number of carbonyl (C=O) groups excluding carboxylic acids is 1. The molecule has 1 heterocycles. The number of amides is 1. The lowest BCUT2D eigenvalue weighted by molar-refractivity contribution is -0.130. The van der Waals surface area contributed by atoms with Crippen LogP contribution in [0, 0.1) is 6.92 Å². The summed E-state index contributed by atoms with van der Waals surface area (Å²) in [5.41, 5.74) is 2.52. The molecule has 0 radical (unpaired) electrons. The number of likely N-dealkylation sites (tertiary alicyclic amines) is 1. The lowest BCUT2D eigenvalue weighted by atomic mass is 10.1. The Bertz CT molecular complexity index is 411. The summed E-state index contributed by atoms with van der Waals surface area (Å²) in [5, 5.41) is 9.41. The number of benzene rings is 1. The molecule has 104 valence electrons. The Balaban J connectivity index is 1.70. The maximum absolute atomic E-state index is 12.0. The first kappa shape index (κ1) is 14.4. The molecule has 0 atom stereocenters. The van der Waals surface area contributed by atoms with Gasteiger partial charge in [-0.1, -0.05) is 29.8 Å². The highest BCUT2D eigenvalue weighted by Gasteiger charge is 2.20. The zero-order valence-corrected chi connectivity index (χ0v) is 12.2. The third kappa shape index (κ3) is 4.55. The minimum Gasteiger partial charge on any atom is -0.393 e. The molecule has 1 aliphatic heterocycles. The van der Waals surface area contributed by atoms with Crippen molar-refractivity contribution in [3.05, 3.63) is 35.4 Å². The lowest BCUT2D eigenvalue weighted by Gasteiger charge is -2.29. The summed E-state index contributed by atoms with van der Waals surface area (Å²) in [4.78, 5) is 13.8. The molecule has 19 heavy (non-hydrogen) atoms. The van der Waals surface area contributed by atoms with Crippen LogP contribution >= 0.6 is 11.8 Å². The summed E-state index contributed by atoms with van der Waals surface area (Å²) < 4.78 is 0. The standard InChI is InChI=1S/C15H21NO2S/c1-12-2-4-13(5-3-12)10-19-11-15(18)16-8-6-14(17)7-9-16/h2-5,14,17H,6-11H2,1H3. The van der Waals surface area contributed by atoms with Gasteiger partial charge in [0.1, 0.15) is 0 Å². The third-order valence-corrected chi connectivity index (χ3v) is 4.42. The Kier molecular flexibility index (Phi) is 5.28. The first-order valence-corrected chi connectivity index (χ1v) is 7.90. The molecule has 0 bridgehead atoms. The predicted molar refractivity (Wildman–Crippen MR) is 79.2 cm³/mol. The SMILES string of the molecule is Cc1ccc(CSCC(=O)N2CCC(O)CC2)cc1. The molecule has 0 saturated carbocycles. The summed E-state index contributed by atoms with van der Waals surface area (Å²) in [7, 11) is 0. The van der Waals surface area contributed by atoms with E-state index in [4.69, 9.17) is 0 Å². The van der Waals surface area contributed by atoms with Crippen LogP contribution in [0.2, 0.25) is 0 Å². The predicted octanol–water partition coefficient (Wildman–Crippen LogP) is 2.21. The number of piperidine rings is 1. The van der Waals surface area contributed by atoms with Gasteiger partial charge in [-0.25, -0.2) is 0 Å². The third-order valence-electron chi connectivity index (χ3n) is 3.43. The molecule has 0 aromatic heterocycles. The molecule has 1 N–H and O–H groups in total. The van der Waals surface area contributed by atoms with Crippen LogP contribution in [0.5, 0.6) is 0 Å². The molecule has 1 aliphatic rings. The molecule has 2 rings (SSSR count). The van der Waals surface area contributed by atoms with Gasteiger partial charge in [-0.2, -0.15) is 0 Å². The van der Waals surface area contributed by atoms with Crippen molar-refractivity contribution in [3.8, 4) is 0 Å². The van der Waals surface area contributed by atoms with Crippen LogP contribution in [0.15, 0.2) is 24.3 Å². The highest BCUT2D eigenvalue weighted by atomic mass is 32.2. The van der Waals surface area contributed by atoms with Gasteiger partial charge >= 0.3 is 0 Å². The van der Waals surface area contributed by atoms with Gasteiger partial charge in [0.25, 0.3) is 0 Å². The Morgan fingerprint density at radius 2 is 1.95 bits per heavy atom. The van der Waals surface area contributed by atoms with Crippen LogP contribution in [0.25, 0.3) is 0 Å². The van der Waals surface area contributed by atoms with Crippen molar-refractivity contribution < 1.29 is 9.90 Å². The van der Waals surface area contributed by atoms with Gasteiger partial charge in [0.15, 0.2) is 0 Å². The van der Waals surface area contributed by atoms with Gasteiger partial charge in [-0.15, -0.1) is 11.8 Å². The second kappa shape index (κ2) is 6.96. The van der Waals surface area contributed by atoms with E-state index in [0.717, 1.165) is 5.75 Å². The molecule has 1 amide bonds. The summed E-state index contributed by atoms with van der Waals surface area (Å²) >= 11 is 1.66. The fraction of sp³-hybridized carbons (Fsp3) is 0.533. The van der Waals surface area contributed by atoms with Crippen LogP contribution in [0.4, 0.5) is 0 Å². The van der Waals surface area contributed by atoms with Crippen molar-refractivity contribution in [2.24, 2.45) is 0 Å². The van der Waals surface area contributed by atoms with Gasteiger partial charge in [0, 0.05) is 18.8 Å². The number of aryl methyl sites for hydroxylation is 1. The van der Waals surface area contributed by atoms with E-state index >= 15 is 0 Å². The zero-order chi connectivity index (χ0) is 13.7. The number of thioether (sulfide) groups is 1. The van der Waals surface area contributed by atoms with Crippen LogP contribution < -0.4 is 0 Å². The van der Waals surface area contributed by atoms with E-state index in [1.165, 1.54) is 11.1 Å². The second-order valence-electron chi connectivity index (χ2n) is 5.09. The van der Waals surface area contributed by atoms with Crippen molar-refractivity contribution >= 4 is 17.7 Å². The van der Waals surface area contributed by atoms with Crippen molar-refractivity contribution in [3.63, 3.8) is 0 Å². The van der Waals surface area contributed by atoms with Crippen LogP contribution in [0.3, 0.4) is 0 Å². The van der Waals surface area contributed by atoms with E-state index in [2.05, 4.69) is 31.2 Å². The van der Waals surface area contributed by atoms with Gasteiger partial charge in [0.2, 0.25) is 5.91 Å². The number of hydrogen-bond donors (Lipinski definition) is 1. The molecule has 1 fully saturated rings. The number of aliphatic hydroxyl groups excluding tert-OH is 1. The Morgan fingerprint density at radius 1 is 1.32 bits per heavy atom. The lowest BCUT2D eigenvalue weighted by Crippen LogP contribution is -2.40. The highest BCUT2D eigenvalue weighted by molar-refractivity contribution is 7.99. The summed E-state index contributed by atoms with van der Waals surface area (Å²) in [6.07, 6.45) is 1.21. The van der Waals surface area contributed by atoms with E-state index in [9.17, 15) is 9.90 Å². The molecular weight excluding hydrogens is 258 g/mol. The topological polar surface area (TPSA) is 40.5 Å². The van der Waals surface area contributed by atoms with Gasteiger partial charge in [-0.05, 0) is 25.3 Å². The van der Waals surface area contributed by atoms with E-state index in [0.29, 0.717) is 31.7 Å². The fourth-order valence-electron chi connectivity index (χ4n) is 2.15. The van der Waals surface area contributed by atoms with Crippen LogP contribution in [-0.4, -0.2) is 40.9 Å². The Hall–Kier alpha value is -1.00. The number of hydrogen-bond acceptors (Lipinski definition) is 3. The normalized spacial score (nSPS) is 16.6. The Morgan fingerprint density at radius 3 is 2.58 bits per heavy atom. The molecular formula is C15H21NO2S. The quantitative estimate of drug-likeness (QED) is 0.918. The van der Waals surface area contributed by atoms with Crippen molar-refractivity contribution in [2.75, 3.05) is 18.8 Å². The molecule has 3 nitrogen and oxygen atoms in total. The number of aliphatic hydroxyl groups is 1. The van der Waals surface area contributed by atoms with E-state index in [-0.39, 0.29) is 12.0 Å². The van der Waals surface area contributed by atoms with Gasteiger partial charge < -0.3 is 10.0 Å². The molecule has 1 saturated heterocycles. The average Bonchev–Trinajstić information content (AvgIpc) is 2.41. The largest absolute Gasteiger partial charge is 0.393 e. The van der Waals surface area contributed by atoms with Crippen molar-refractivity contribution in [1.82, 2.24) is 4.90 Å². The maximum Gasteiger partial charge on any atom is 0.232 e. The number of carbonyl (C=O) groups is 1. The molecule has 0 spiro atoms. The van der Waals surface area contributed by atoms with Crippen LogP contribution in [-0.2, 0) is 10.5 Å². The highest BCUT2D eigenvalue weighted by Crippen LogP contribution is 2.16. The number of rotatable bonds is 4. The van der Waals surface area contributed by atoms with E-state index in [1.54, 1.807) is 11.8 Å². The molecule has 1 aromatic carbocycles. The maximum atomic E-state index is 12.0. The first-order valence-electron chi connectivity index (χ1n) is 6.74. The monoisotopic (exact) mass is 279 g/mol. The van der Waals surface area contributed by atoms with Gasteiger partial charge in [-0.3, -0.25) is 4.79 Å². The smallest absolute Gasteiger partial charge is 0.232 e. The van der Waals surface area contributed by atoms with E-state index in [1.807, 2.05) is 4.90 Å². The summed E-state index contributed by atoms with van der Waals surface area (Å²) in [6, 6.07) is 8.43. The average molecular weight is 279 g/mol. The van der Waals surface area contributed by atoms with Gasteiger partial charge in [0.05, 0.1) is 11.9 Å². The molecule has 1 aromatic rings. The van der Waals surface area contributed by atoms with Crippen molar-refractivity contribution in [1.29, 1.82) is 0 Å². The molecule has 0 aliphatic carbocycles. The Labute approximate surface area is 119 Å². The minimum atomic E-state index is -0.218. The van der Waals surface area contributed by atoms with Crippen molar-refractivity contribution in [2.45, 2.75) is 31.6 Å². The van der Waals surface area contributed by atoms with Crippen LogP contribution in [0.1, 0.15) is 24.0 Å². The fourth-order valence-corrected chi connectivity index (χ4v) is 3.03. The summed E-state index contributed by atoms with van der Waals surface area (Å²) in [5.74, 6) is 1.61. The second-order valence-corrected chi connectivity index (χ2v) is 6.08. The summed E-state index contributed by atoms with van der Waals surface area (Å²) in [6.45, 7) is 3.47. The minimum absolute atomic E-state index is 0.198.